The number of halogens is 2. The Bertz CT molecular complexity index is 133. The Kier molecular flexibility index (Phi) is 3.47. The molecule has 0 aliphatic carbocycles. The summed E-state index contributed by atoms with van der Waals surface area (Å²) in [4.78, 5) is 10.7. The Labute approximate surface area is 65.1 Å². The molecule has 0 N–H and O–H groups in total. The van der Waals surface area contributed by atoms with Gasteiger partial charge in [-0.25, -0.2) is 0 Å². The molecule has 0 radical (unpaired) electrons. The molecule has 0 aromatic carbocycles. The first-order chi connectivity index (χ1) is 4.04. The fourth-order valence-electron chi connectivity index (χ4n) is 0.324. The van der Waals surface area contributed by atoms with Crippen LogP contribution in [0.2, 0.25) is 6.04 Å². The summed E-state index contributed by atoms with van der Waals surface area (Å²) in [5, 5.41) is -0.201. The lowest BCUT2D eigenvalue weighted by molar-refractivity contribution is -0.108. The lowest BCUT2D eigenvalue weighted by Gasteiger charge is -2.07. The molecule has 0 atom stereocenters. The first kappa shape index (κ1) is 9.21. The fraction of sp³-hybridized carbons (Fsp3) is 0.400. The van der Waals surface area contributed by atoms with Crippen molar-refractivity contribution < 1.29 is 4.79 Å². The molecule has 0 aromatic heterocycles. The van der Waals surface area contributed by atoms with Gasteiger partial charge in [-0.1, -0.05) is 13.5 Å². The molecule has 0 rings (SSSR count). The minimum Gasteiger partial charge on any atom is -0.297 e. The molecule has 0 fully saturated rings. The Morgan fingerprint density at radius 1 is 1.78 bits per heavy atom. The third kappa shape index (κ3) is 2.52. The molecule has 1 nitrogen and oxygen atoms in total. The smallest absolute Gasteiger partial charge is 0.297 e. The zero-order valence-electron chi connectivity index (χ0n) is 5.16. The highest BCUT2D eigenvalue weighted by molar-refractivity contribution is 7.58. The topological polar surface area (TPSA) is 17.1 Å². The van der Waals surface area contributed by atoms with Crippen molar-refractivity contribution in [3.05, 3.63) is 12.7 Å². The first-order valence-electron chi connectivity index (χ1n) is 2.59. The van der Waals surface area contributed by atoms with Gasteiger partial charge in [0, 0.05) is 0 Å². The summed E-state index contributed by atoms with van der Waals surface area (Å²) in [5.74, 6) is 0. The SMILES string of the molecule is C=CC(=O)[Si](Cl)(Cl)CC. The second kappa shape index (κ2) is 3.39. The maximum absolute atomic E-state index is 10.7. The van der Waals surface area contributed by atoms with Crippen molar-refractivity contribution in [3.63, 3.8) is 0 Å². The van der Waals surface area contributed by atoms with Gasteiger partial charge in [-0.3, -0.25) is 4.79 Å². The number of hydrogen-bond donors (Lipinski definition) is 0. The number of hydrogen-bond acceptors (Lipinski definition) is 1. The van der Waals surface area contributed by atoms with Gasteiger partial charge in [-0.2, -0.15) is 0 Å². The molecule has 9 heavy (non-hydrogen) atoms. The molecule has 0 bridgehead atoms. The van der Waals surface area contributed by atoms with Crippen LogP contribution in [0, 0.1) is 0 Å². The van der Waals surface area contributed by atoms with Crippen molar-refractivity contribution in [1.29, 1.82) is 0 Å². The highest BCUT2D eigenvalue weighted by Gasteiger charge is 2.33. The molecule has 0 spiro atoms. The summed E-state index contributed by atoms with van der Waals surface area (Å²) in [6, 6.07) is 0.543. The summed E-state index contributed by atoms with van der Waals surface area (Å²) in [6.45, 7) is 2.50. The molecule has 0 aromatic rings. The van der Waals surface area contributed by atoms with Crippen molar-refractivity contribution in [3.8, 4) is 0 Å². The molecule has 52 valence electrons. The van der Waals surface area contributed by atoms with Crippen LogP contribution in [0.15, 0.2) is 12.7 Å². The van der Waals surface area contributed by atoms with Gasteiger partial charge < -0.3 is 0 Å². The van der Waals surface area contributed by atoms with Crippen molar-refractivity contribution in [2.24, 2.45) is 0 Å². The van der Waals surface area contributed by atoms with Crippen molar-refractivity contribution in [1.82, 2.24) is 0 Å². The average Bonchev–Trinajstić information content (AvgIpc) is 1.86. The largest absolute Gasteiger partial charge is 0.324 e. The fourth-order valence-corrected chi connectivity index (χ4v) is 1.43. The normalized spacial score (nSPS) is 11.0. The molecule has 4 heteroatoms. The molecule has 0 heterocycles. The molecule has 0 amide bonds. The third-order valence-electron chi connectivity index (χ3n) is 0.990. The summed E-state index contributed by atoms with van der Waals surface area (Å²) in [7, 11) is 0. The maximum Gasteiger partial charge on any atom is 0.324 e. The van der Waals surface area contributed by atoms with Gasteiger partial charge in [0.25, 0.3) is 0 Å². The summed E-state index contributed by atoms with van der Waals surface area (Å²) in [6.07, 6.45) is 1.19. The highest BCUT2D eigenvalue weighted by Crippen LogP contribution is 2.20. The minimum absolute atomic E-state index is 0.201. The molecule has 0 aliphatic rings. The minimum atomic E-state index is -2.59. The zero-order chi connectivity index (χ0) is 7.49. The van der Waals surface area contributed by atoms with Crippen LogP contribution in [-0.2, 0) is 4.79 Å². The lowest BCUT2D eigenvalue weighted by Crippen LogP contribution is -2.28. The summed E-state index contributed by atoms with van der Waals surface area (Å²) >= 11 is 11.3. The number of carbonyl (C=O) groups is 1. The van der Waals surface area contributed by atoms with Gasteiger partial charge in [0.05, 0.1) is 0 Å². The van der Waals surface area contributed by atoms with E-state index in [2.05, 4.69) is 6.58 Å². The van der Waals surface area contributed by atoms with Gasteiger partial charge >= 0.3 is 6.69 Å². The van der Waals surface area contributed by atoms with Gasteiger partial charge in [0.2, 0.25) is 0 Å². The second-order valence-electron chi connectivity index (χ2n) is 1.63. The van der Waals surface area contributed by atoms with E-state index in [1.807, 2.05) is 0 Å². The first-order valence-corrected chi connectivity index (χ1v) is 6.82. The van der Waals surface area contributed by atoms with Crippen LogP contribution in [0.4, 0.5) is 0 Å². The number of allylic oxidation sites excluding steroid dienone is 1. The highest BCUT2D eigenvalue weighted by atomic mass is 35.7. The van der Waals surface area contributed by atoms with E-state index in [-0.39, 0.29) is 5.41 Å². The van der Waals surface area contributed by atoms with Crippen molar-refractivity contribution in [2.45, 2.75) is 13.0 Å². The van der Waals surface area contributed by atoms with E-state index in [1.54, 1.807) is 6.92 Å². The Balaban J connectivity index is 4.13. The van der Waals surface area contributed by atoms with E-state index in [9.17, 15) is 4.79 Å². The van der Waals surface area contributed by atoms with E-state index in [0.717, 1.165) is 0 Å². The Morgan fingerprint density at radius 2 is 2.22 bits per heavy atom. The van der Waals surface area contributed by atoms with Crippen molar-refractivity contribution in [2.75, 3.05) is 0 Å². The molecule has 0 saturated heterocycles. The van der Waals surface area contributed by atoms with Gasteiger partial charge in [0.15, 0.2) is 5.41 Å². The van der Waals surface area contributed by atoms with Crippen LogP contribution < -0.4 is 0 Å². The lowest BCUT2D eigenvalue weighted by atomic mass is 10.7. The van der Waals surface area contributed by atoms with Crippen LogP contribution in [0.3, 0.4) is 0 Å². The molecule has 0 saturated carbocycles. The van der Waals surface area contributed by atoms with E-state index < -0.39 is 6.69 Å². The van der Waals surface area contributed by atoms with Gasteiger partial charge in [0.1, 0.15) is 0 Å². The summed E-state index contributed by atoms with van der Waals surface area (Å²) < 4.78 is 0. The molecular weight excluding hydrogens is 175 g/mol. The Morgan fingerprint density at radius 3 is 2.33 bits per heavy atom. The van der Waals surface area contributed by atoms with E-state index in [0.29, 0.717) is 6.04 Å². The van der Waals surface area contributed by atoms with E-state index >= 15 is 0 Å². The summed E-state index contributed by atoms with van der Waals surface area (Å²) in [5.41, 5.74) is 0. The monoisotopic (exact) mass is 182 g/mol. The van der Waals surface area contributed by atoms with Crippen molar-refractivity contribution >= 4 is 34.3 Å². The average molecular weight is 183 g/mol. The maximum atomic E-state index is 10.7. The zero-order valence-corrected chi connectivity index (χ0v) is 7.67. The predicted molar refractivity (Wildman–Crippen MR) is 43.1 cm³/mol. The standard InChI is InChI=1S/C5H8Cl2OSi/c1-3-5(8)9(6,7)4-2/h3H,1,4H2,2H3. The molecule has 0 aliphatic heterocycles. The molecular formula is C5H8Cl2OSi. The van der Waals surface area contributed by atoms with Gasteiger partial charge in [-0.15, -0.1) is 22.2 Å². The van der Waals surface area contributed by atoms with E-state index in [4.69, 9.17) is 22.2 Å². The Hall–Kier alpha value is 0.207. The van der Waals surface area contributed by atoms with Crippen LogP contribution in [-0.4, -0.2) is 12.1 Å². The predicted octanol–water partition coefficient (Wildman–Crippen LogP) is 2.22. The van der Waals surface area contributed by atoms with Crippen LogP contribution in [0.5, 0.6) is 0 Å². The molecule has 0 unspecified atom stereocenters. The third-order valence-corrected chi connectivity index (χ3v) is 5.52. The van der Waals surface area contributed by atoms with E-state index in [1.165, 1.54) is 6.08 Å². The second-order valence-corrected chi connectivity index (χ2v) is 8.69. The quantitative estimate of drug-likeness (QED) is 0.372. The van der Waals surface area contributed by atoms with Crippen LogP contribution >= 0.6 is 22.2 Å². The van der Waals surface area contributed by atoms with Crippen LogP contribution in [0.25, 0.3) is 0 Å². The number of carbonyl (C=O) groups excluding carboxylic acids is 1. The van der Waals surface area contributed by atoms with Gasteiger partial charge in [-0.05, 0) is 12.1 Å². The van der Waals surface area contributed by atoms with Crippen LogP contribution in [0.1, 0.15) is 6.92 Å². The number of rotatable bonds is 3.